The van der Waals surface area contributed by atoms with E-state index < -0.39 is 11.6 Å². The van der Waals surface area contributed by atoms with Gasteiger partial charge in [-0.3, -0.25) is 0 Å². The number of benzene rings is 3. The summed E-state index contributed by atoms with van der Waals surface area (Å²) >= 11 is 11.5. The van der Waals surface area contributed by atoms with Crippen LogP contribution in [0.1, 0.15) is 0 Å². The Bertz CT molecular complexity index is 865. The van der Waals surface area contributed by atoms with E-state index in [1.807, 2.05) is 0 Å². The van der Waals surface area contributed by atoms with Gasteiger partial charge in [-0.2, -0.15) is 0 Å². The summed E-state index contributed by atoms with van der Waals surface area (Å²) in [6, 6.07) is 10.1. The first-order valence-electron chi connectivity index (χ1n) is 6.83. The van der Waals surface area contributed by atoms with Gasteiger partial charge in [0.25, 0.3) is 0 Å². The lowest BCUT2D eigenvalue weighted by molar-refractivity contribution is 0.475. The van der Waals surface area contributed by atoms with Gasteiger partial charge in [-0.1, -0.05) is 23.2 Å². The Hall–Kier alpha value is -2.30. The molecule has 0 aliphatic rings. The molecule has 6 heteroatoms. The molecule has 0 amide bonds. The van der Waals surface area contributed by atoms with Gasteiger partial charge in [-0.25, -0.2) is 8.78 Å². The molecule has 0 unspecified atom stereocenters. The highest BCUT2D eigenvalue weighted by Crippen LogP contribution is 2.38. The van der Waals surface area contributed by atoms with Crippen LogP contribution in [0.15, 0.2) is 48.5 Å². The van der Waals surface area contributed by atoms with Crippen LogP contribution in [-0.4, -0.2) is 10.2 Å². The Morgan fingerprint density at radius 1 is 0.583 bits per heavy atom. The zero-order valence-electron chi connectivity index (χ0n) is 12.0. The second kappa shape index (κ2) is 6.30. The normalized spacial score (nSPS) is 10.8. The molecule has 0 aliphatic heterocycles. The van der Waals surface area contributed by atoms with Gasteiger partial charge in [-0.05, 0) is 48.5 Å². The first-order chi connectivity index (χ1) is 11.4. The van der Waals surface area contributed by atoms with E-state index in [4.69, 9.17) is 23.2 Å². The van der Waals surface area contributed by atoms with Crippen molar-refractivity contribution in [1.29, 1.82) is 0 Å². The van der Waals surface area contributed by atoms with Crippen molar-refractivity contribution >= 4 is 23.2 Å². The summed E-state index contributed by atoms with van der Waals surface area (Å²) < 4.78 is 28.9. The summed E-state index contributed by atoms with van der Waals surface area (Å²) in [5, 5.41) is 20.3. The van der Waals surface area contributed by atoms with Crippen LogP contribution in [0.4, 0.5) is 8.78 Å². The third kappa shape index (κ3) is 3.03. The number of rotatable bonds is 2. The van der Waals surface area contributed by atoms with Gasteiger partial charge in [0.05, 0.1) is 0 Å². The van der Waals surface area contributed by atoms with Crippen LogP contribution in [0.3, 0.4) is 0 Å². The van der Waals surface area contributed by atoms with Gasteiger partial charge in [0.15, 0.2) is 0 Å². The molecular weight excluding hydrogens is 357 g/mol. The van der Waals surface area contributed by atoms with E-state index >= 15 is 0 Å². The Labute approximate surface area is 146 Å². The molecule has 0 aromatic heterocycles. The van der Waals surface area contributed by atoms with Crippen LogP contribution in [0.5, 0.6) is 11.5 Å². The summed E-state index contributed by atoms with van der Waals surface area (Å²) in [6.45, 7) is 0. The first-order valence-corrected chi connectivity index (χ1v) is 7.59. The Balaban J connectivity index is 2.15. The summed E-state index contributed by atoms with van der Waals surface area (Å²) in [7, 11) is 0. The molecule has 24 heavy (non-hydrogen) atoms. The minimum atomic E-state index is -0.752. The van der Waals surface area contributed by atoms with E-state index in [9.17, 15) is 19.0 Å². The van der Waals surface area contributed by atoms with E-state index in [0.29, 0.717) is 0 Å². The minimum absolute atomic E-state index is 0.112. The van der Waals surface area contributed by atoms with E-state index in [0.717, 1.165) is 12.1 Å². The van der Waals surface area contributed by atoms with E-state index in [1.54, 1.807) is 0 Å². The predicted octanol–water partition coefficient (Wildman–Crippen LogP) is 6.02. The van der Waals surface area contributed by atoms with Crippen LogP contribution in [-0.2, 0) is 0 Å². The van der Waals surface area contributed by atoms with Crippen molar-refractivity contribution in [3.8, 4) is 33.8 Å². The summed E-state index contributed by atoms with van der Waals surface area (Å²) in [4.78, 5) is 0. The average Bonchev–Trinajstić information content (AvgIpc) is 2.50. The molecule has 3 rings (SSSR count). The van der Waals surface area contributed by atoms with Gasteiger partial charge < -0.3 is 10.2 Å². The van der Waals surface area contributed by atoms with Crippen molar-refractivity contribution in [2.24, 2.45) is 0 Å². The monoisotopic (exact) mass is 366 g/mol. The maximum Gasteiger partial charge on any atom is 0.131 e. The lowest BCUT2D eigenvalue weighted by atomic mass is 9.98. The van der Waals surface area contributed by atoms with E-state index in [-0.39, 0.29) is 43.8 Å². The quantitative estimate of drug-likeness (QED) is 0.582. The van der Waals surface area contributed by atoms with Gasteiger partial charge in [0.2, 0.25) is 0 Å². The average molecular weight is 367 g/mol. The topological polar surface area (TPSA) is 40.5 Å². The maximum absolute atomic E-state index is 14.5. The van der Waals surface area contributed by atoms with Crippen LogP contribution in [0.2, 0.25) is 10.0 Å². The zero-order chi connectivity index (χ0) is 17.4. The minimum Gasteiger partial charge on any atom is -0.507 e. The molecule has 0 aliphatic carbocycles. The fraction of sp³-hybridized carbons (Fsp3) is 0. The Morgan fingerprint density at radius 2 is 0.958 bits per heavy atom. The third-order valence-electron chi connectivity index (χ3n) is 3.56. The zero-order valence-corrected chi connectivity index (χ0v) is 13.5. The number of hydrogen-bond donors (Lipinski definition) is 2. The summed E-state index contributed by atoms with van der Waals surface area (Å²) in [6.07, 6.45) is 0. The largest absolute Gasteiger partial charge is 0.507 e. The molecule has 2 nitrogen and oxygen atoms in total. The van der Waals surface area contributed by atoms with Gasteiger partial charge in [0.1, 0.15) is 23.1 Å². The summed E-state index contributed by atoms with van der Waals surface area (Å²) in [5.74, 6) is -2.03. The molecule has 0 atom stereocenters. The van der Waals surface area contributed by atoms with Crippen molar-refractivity contribution in [1.82, 2.24) is 0 Å². The van der Waals surface area contributed by atoms with Crippen molar-refractivity contribution in [2.45, 2.75) is 0 Å². The van der Waals surface area contributed by atoms with Crippen LogP contribution >= 0.6 is 23.2 Å². The van der Waals surface area contributed by atoms with Crippen LogP contribution < -0.4 is 0 Å². The van der Waals surface area contributed by atoms with E-state index in [1.165, 1.54) is 36.4 Å². The highest BCUT2D eigenvalue weighted by molar-refractivity contribution is 6.31. The SMILES string of the molecule is Oc1cc(Cl)ccc1-c1cc(F)c(-c2ccc(Cl)cc2O)cc1F. The van der Waals surface area contributed by atoms with Gasteiger partial charge >= 0.3 is 0 Å². The predicted molar refractivity (Wildman–Crippen MR) is 90.6 cm³/mol. The molecule has 0 saturated carbocycles. The molecule has 0 heterocycles. The van der Waals surface area contributed by atoms with Crippen molar-refractivity contribution in [3.05, 3.63) is 70.2 Å². The van der Waals surface area contributed by atoms with Gasteiger partial charge in [0, 0.05) is 32.3 Å². The number of phenols is 2. The molecule has 0 bridgehead atoms. The maximum atomic E-state index is 14.5. The van der Waals surface area contributed by atoms with Crippen LogP contribution in [0.25, 0.3) is 22.3 Å². The smallest absolute Gasteiger partial charge is 0.131 e. The second-order valence-corrected chi connectivity index (χ2v) is 6.01. The van der Waals surface area contributed by atoms with Crippen molar-refractivity contribution < 1.29 is 19.0 Å². The molecule has 2 N–H and O–H groups in total. The lowest BCUT2D eigenvalue weighted by Gasteiger charge is -2.11. The second-order valence-electron chi connectivity index (χ2n) is 5.13. The van der Waals surface area contributed by atoms with Gasteiger partial charge in [-0.15, -0.1) is 0 Å². The molecule has 122 valence electrons. The number of phenolic OH excluding ortho intramolecular Hbond substituents is 2. The third-order valence-corrected chi connectivity index (χ3v) is 4.03. The number of hydrogen-bond acceptors (Lipinski definition) is 2. The highest BCUT2D eigenvalue weighted by Gasteiger charge is 2.17. The molecule has 0 fully saturated rings. The lowest BCUT2D eigenvalue weighted by Crippen LogP contribution is -1.92. The summed E-state index contributed by atoms with van der Waals surface area (Å²) in [5.41, 5.74) is 0.00287. The number of aromatic hydroxyl groups is 2. The van der Waals surface area contributed by atoms with Crippen LogP contribution in [0, 0.1) is 11.6 Å². The first kappa shape index (κ1) is 16.6. The highest BCUT2D eigenvalue weighted by atomic mass is 35.5. The fourth-order valence-electron chi connectivity index (χ4n) is 2.42. The molecule has 3 aromatic carbocycles. The molecule has 0 spiro atoms. The van der Waals surface area contributed by atoms with Crippen molar-refractivity contribution in [2.75, 3.05) is 0 Å². The molecule has 0 saturated heterocycles. The molecular formula is C18H10Cl2F2O2. The Kier molecular flexibility index (Phi) is 4.35. The Morgan fingerprint density at radius 3 is 1.29 bits per heavy atom. The fourth-order valence-corrected chi connectivity index (χ4v) is 2.76. The molecule has 0 radical (unpaired) electrons. The number of halogens is 4. The van der Waals surface area contributed by atoms with E-state index in [2.05, 4.69) is 0 Å². The molecule has 3 aromatic rings. The van der Waals surface area contributed by atoms with Crippen molar-refractivity contribution in [3.63, 3.8) is 0 Å². The standard InChI is InChI=1S/C18H10Cl2F2O2/c19-9-1-3-11(17(23)5-9)13-7-16(22)14(8-15(13)21)12-4-2-10(20)6-18(12)24/h1-8,23-24H.